The highest BCUT2D eigenvalue weighted by Crippen LogP contribution is 2.59. The zero-order valence-corrected chi connectivity index (χ0v) is 14.2. The van der Waals surface area contributed by atoms with Gasteiger partial charge in [-0.3, -0.25) is 9.53 Å². The van der Waals surface area contributed by atoms with Crippen LogP contribution in [0.2, 0.25) is 0 Å². The van der Waals surface area contributed by atoms with Crippen molar-refractivity contribution in [3.63, 3.8) is 0 Å². The third-order valence-electron chi connectivity index (χ3n) is 7.02. The van der Waals surface area contributed by atoms with Gasteiger partial charge in [0.05, 0.1) is 0 Å². The lowest BCUT2D eigenvalue weighted by atomic mass is 9.55. The van der Waals surface area contributed by atoms with Gasteiger partial charge in [-0.2, -0.15) is 0 Å². The van der Waals surface area contributed by atoms with Crippen molar-refractivity contribution in [2.75, 3.05) is 0 Å². The van der Waals surface area contributed by atoms with Crippen molar-refractivity contribution in [2.45, 2.75) is 64.0 Å². The Balaban J connectivity index is 1.58. The number of carbonyl (C=O) groups is 1. The minimum atomic E-state index is -4.87. The Morgan fingerprint density at radius 2 is 2.00 bits per heavy atom. The lowest BCUT2D eigenvalue weighted by molar-refractivity contribution is -0.396. The molecule has 25 heavy (non-hydrogen) atoms. The summed E-state index contributed by atoms with van der Waals surface area (Å²) in [6.07, 6.45) is 2.69. The first-order valence-corrected chi connectivity index (χ1v) is 9.05. The summed E-state index contributed by atoms with van der Waals surface area (Å²) in [4.78, 5) is 12.3. The molecule has 4 aliphatic carbocycles. The van der Waals surface area contributed by atoms with Crippen molar-refractivity contribution < 1.29 is 27.8 Å². The van der Waals surface area contributed by atoms with E-state index in [9.17, 15) is 23.1 Å². The number of ether oxygens (including phenoxy) is 1. The number of carbonyl (C=O) groups excluding carboxylic acids is 1. The van der Waals surface area contributed by atoms with E-state index in [1.54, 1.807) is 6.08 Å². The first kappa shape index (κ1) is 17.3. The van der Waals surface area contributed by atoms with Crippen LogP contribution in [0, 0.1) is 23.2 Å². The number of ketones is 1. The molecular weight excluding hydrogens is 333 g/mol. The van der Waals surface area contributed by atoms with Crippen molar-refractivity contribution in [3.8, 4) is 0 Å². The predicted octanol–water partition coefficient (Wildman–Crippen LogP) is 4.27. The zero-order valence-electron chi connectivity index (χ0n) is 14.2. The molecule has 3 nitrogen and oxygen atoms in total. The Morgan fingerprint density at radius 3 is 2.72 bits per heavy atom. The Kier molecular flexibility index (Phi) is 3.75. The van der Waals surface area contributed by atoms with Gasteiger partial charge < -0.3 is 5.11 Å². The second-order valence-electron chi connectivity index (χ2n) is 8.30. The number of Topliss-reactive ketones (excluding diaryl/α,β-unsaturated/α-hetero) is 1. The van der Waals surface area contributed by atoms with Crippen LogP contribution < -0.4 is 0 Å². The van der Waals surface area contributed by atoms with Crippen molar-refractivity contribution in [3.05, 3.63) is 23.3 Å². The molecule has 4 rings (SSSR count). The fourth-order valence-corrected chi connectivity index (χ4v) is 5.88. The average molecular weight is 356 g/mol. The quantitative estimate of drug-likeness (QED) is 0.714. The lowest BCUT2D eigenvalue weighted by Gasteiger charge is -2.49. The summed E-state index contributed by atoms with van der Waals surface area (Å²) < 4.78 is 41.6. The fraction of sp³-hybridized carbons (Fsp3) is 0.737. The van der Waals surface area contributed by atoms with Crippen molar-refractivity contribution in [1.29, 1.82) is 0 Å². The molecule has 0 bridgehead atoms. The van der Waals surface area contributed by atoms with Crippen LogP contribution in [0.15, 0.2) is 23.3 Å². The Hall–Kier alpha value is -1.14. The second-order valence-corrected chi connectivity index (χ2v) is 8.30. The van der Waals surface area contributed by atoms with Gasteiger partial charge in [0.15, 0.2) is 5.79 Å². The monoisotopic (exact) mass is 356 g/mol. The van der Waals surface area contributed by atoms with Gasteiger partial charge >= 0.3 is 6.36 Å². The topological polar surface area (TPSA) is 46.5 Å². The summed E-state index contributed by atoms with van der Waals surface area (Å²) >= 11 is 0. The van der Waals surface area contributed by atoms with E-state index in [0.29, 0.717) is 36.4 Å². The summed E-state index contributed by atoms with van der Waals surface area (Å²) in [7, 11) is 0. The van der Waals surface area contributed by atoms with Crippen LogP contribution in [0.3, 0.4) is 0 Å². The standard InChI is InChI=1S/C19H23F3O3/c1-17-8-6-13-12-7-9-18(24,25-19(20,21)22)10-11(12)2-3-14(13)15(17)4-5-16(17)23/h7,9,13-15,24H,2-6,8,10H2,1H3/t13-,14-,15+,17+,18?/m1/s1. The van der Waals surface area contributed by atoms with Crippen LogP contribution in [0.1, 0.15) is 51.9 Å². The number of hydrogen-bond acceptors (Lipinski definition) is 3. The minimum Gasteiger partial charge on any atom is -0.362 e. The molecule has 0 aromatic heterocycles. The van der Waals surface area contributed by atoms with Crippen molar-refractivity contribution in [2.24, 2.45) is 23.2 Å². The van der Waals surface area contributed by atoms with Gasteiger partial charge in [0.1, 0.15) is 5.78 Å². The number of rotatable bonds is 1. The molecule has 0 aromatic rings. The third kappa shape index (κ3) is 2.78. The summed E-state index contributed by atoms with van der Waals surface area (Å²) in [5.41, 5.74) is 1.74. The zero-order chi connectivity index (χ0) is 18.0. The number of allylic oxidation sites excluding steroid dienone is 2. The maximum absolute atomic E-state index is 12.5. The number of alkyl halides is 3. The maximum atomic E-state index is 12.5. The van der Waals surface area contributed by atoms with Gasteiger partial charge in [-0.15, -0.1) is 13.2 Å². The molecule has 0 spiro atoms. The summed E-state index contributed by atoms with van der Waals surface area (Å²) in [6.45, 7) is 2.10. The molecule has 138 valence electrons. The van der Waals surface area contributed by atoms with Gasteiger partial charge in [-0.05, 0) is 61.5 Å². The van der Waals surface area contributed by atoms with Gasteiger partial charge in [-0.25, -0.2) is 0 Å². The van der Waals surface area contributed by atoms with E-state index in [1.807, 2.05) is 0 Å². The molecule has 0 aliphatic heterocycles. The molecule has 0 aromatic carbocycles. The number of aliphatic hydroxyl groups is 1. The second kappa shape index (κ2) is 5.43. The van der Waals surface area contributed by atoms with Crippen LogP contribution in [0.25, 0.3) is 0 Å². The number of fused-ring (bicyclic) bond motifs is 4. The lowest BCUT2D eigenvalue weighted by Crippen LogP contribution is -2.45. The Bertz CT molecular complexity index is 665. The van der Waals surface area contributed by atoms with Crippen LogP contribution in [0.4, 0.5) is 13.2 Å². The Labute approximate surface area is 144 Å². The molecule has 4 aliphatic rings. The van der Waals surface area contributed by atoms with E-state index in [1.165, 1.54) is 0 Å². The van der Waals surface area contributed by atoms with Crippen LogP contribution >= 0.6 is 0 Å². The third-order valence-corrected chi connectivity index (χ3v) is 7.02. The smallest absolute Gasteiger partial charge is 0.362 e. The van der Waals surface area contributed by atoms with E-state index in [-0.39, 0.29) is 11.8 Å². The molecule has 6 heteroatoms. The molecule has 0 radical (unpaired) electrons. The minimum absolute atomic E-state index is 0.123. The first-order valence-electron chi connectivity index (χ1n) is 9.05. The molecule has 5 atom stereocenters. The van der Waals surface area contributed by atoms with Gasteiger partial charge in [-0.1, -0.05) is 18.6 Å². The predicted molar refractivity (Wildman–Crippen MR) is 84.2 cm³/mol. The molecule has 1 unspecified atom stereocenters. The number of halogens is 3. The summed E-state index contributed by atoms with van der Waals surface area (Å²) in [6, 6.07) is 0. The van der Waals surface area contributed by atoms with E-state index in [2.05, 4.69) is 11.7 Å². The molecule has 1 N–H and O–H groups in total. The molecule has 0 heterocycles. The van der Waals surface area contributed by atoms with Crippen molar-refractivity contribution >= 4 is 5.78 Å². The summed E-state index contributed by atoms with van der Waals surface area (Å²) in [5, 5.41) is 10.2. The normalized spacial score (nSPS) is 43.7. The van der Waals surface area contributed by atoms with Crippen molar-refractivity contribution in [1.82, 2.24) is 0 Å². The molecular formula is C19H23F3O3. The molecule has 0 saturated heterocycles. The van der Waals surface area contributed by atoms with Gasteiger partial charge in [0.25, 0.3) is 0 Å². The van der Waals surface area contributed by atoms with Gasteiger partial charge in [0, 0.05) is 18.3 Å². The fourth-order valence-electron chi connectivity index (χ4n) is 5.88. The maximum Gasteiger partial charge on any atom is 0.525 e. The van der Waals surface area contributed by atoms with E-state index in [4.69, 9.17) is 0 Å². The van der Waals surface area contributed by atoms with Crippen LogP contribution in [-0.2, 0) is 9.53 Å². The molecule has 2 saturated carbocycles. The largest absolute Gasteiger partial charge is 0.525 e. The highest BCUT2D eigenvalue weighted by atomic mass is 19.4. The van der Waals surface area contributed by atoms with E-state index in [0.717, 1.165) is 42.9 Å². The van der Waals surface area contributed by atoms with Crippen LogP contribution in [0.5, 0.6) is 0 Å². The van der Waals surface area contributed by atoms with E-state index < -0.39 is 12.1 Å². The van der Waals surface area contributed by atoms with Crippen LogP contribution in [-0.4, -0.2) is 23.0 Å². The summed E-state index contributed by atoms with van der Waals surface area (Å²) in [5.74, 6) is -0.824. The van der Waals surface area contributed by atoms with Gasteiger partial charge in [0.2, 0.25) is 0 Å². The Morgan fingerprint density at radius 1 is 1.24 bits per heavy atom. The highest BCUT2D eigenvalue weighted by Gasteiger charge is 2.55. The first-order chi connectivity index (χ1) is 11.6. The van der Waals surface area contributed by atoms with E-state index >= 15 is 0 Å². The SMILES string of the molecule is C[C@]12CC[C@@H]3C4=C(CC[C@H]3[C@@H]1CCC2=O)CC(O)(OC(F)(F)F)C=C4. The highest BCUT2D eigenvalue weighted by molar-refractivity contribution is 5.87. The molecule has 0 amide bonds. The number of hydrogen-bond donors (Lipinski definition) is 1. The average Bonchev–Trinajstić information content (AvgIpc) is 2.80. The molecule has 2 fully saturated rings.